The molecule has 2 saturated carbocycles. The summed E-state index contributed by atoms with van der Waals surface area (Å²) < 4.78 is 0. The Kier molecular flexibility index (Phi) is 6.36. The van der Waals surface area contributed by atoms with E-state index in [9.17, 15) is 4.79 Å². The van der Waals surface area contributed by atoms with Gasteiger partial charge in [-0.2, -0.15) is 0 Å². The van der Waals surface area contributed by atoms with Crippen molar-refractivity contribution in [3.8, 4) is 0 Å². The first kappa shape index (κ1) is 17.1. The van der Waals surface area contributed by atoms with Crippen LogP contribution in [0.2, 0.25) is 0 Å². The van der Waals surface area contributed by atoms with Crippen molar-refractivity contribution in [1.82, 2.24) is 10.6 Å². The third-order valence-electron chi connectivity index (χ3n) is 6.06. The van der Waals surface area contributed by atoms with Crippen molar-refractivity contribution in [2.75, 3.05) is 13.1 Å². The van der Waals surface area contributed by atoms with Gasteiger partial charge in [0.1, 0.15) is 0 Å². The first-order valence-electron chi connectivity index (χ1n) is 8.72. The highest BCUT2D eigenvalue weighted by atomic mass is 35.5. The number of rotatable bonds is 5. The molecule has 4 unspecified atom stereocenters. The van der Waals surface area contributed by atoms with Gasteiger partial charge >= 0.3 is 0 Å². The summed E-state index contributed by atoms with van der Waals surface area (Å²) in [7, 11) is 0. The molecule has 0 radical (unpaired) electrons. The van der Waals surface area contributed by atoms with Crippen LogP contribution < -0.4 is 10.6 Å². The number of piperidine rings is 1. The lowest BCUT2D eigenvalue weighted by atomic mass is 9.84. The molecule has 1 saturated heterocycles. The zero-order valence-corrected chi connectivity index (χ0v) is 14.1. The second-order valence-corrected chi connectivity index (χ2v) is 7.43. The second-order valence-electron chi connectivity index (χ2n) is 7.43. The Morgan fingerprint density at radius 1 is 1.19 bits per heavy atom. The van der Waals surface area contributed by atoms with Crippen LogP contribution in [0.4, 0.5) is 0 Å². The molecular formula is C17H31ClN2O. The molecule has 1 aliphatic heterocycles. The van der Waals surface area contributed by atoms with Crippen molar-refractivity contribution in [2.24, 2.45) is 23.7 Å². The number of nitrogens with one attached hydrogen (secondary N) is 2. The number of halogens is 1. The molecule has 2 bridgehead atoms. The predicted molar refractivity (Wildman–Crippen MR) is 88.6 cm³/mol. The highest BCUT2D eigenvalue weighted by Crippen LogP contribution is 2.49. The van der Waals surface area contributed by atoms with Gasteiger partial charge in [0, 0.05) is 12.5 Å². The van der Waals surface area contributed by atoms with E-state index in [-0.39, 0.29) is 12.4 Å². The molecule has 21 heavy (non-hydrogen) atoms. The minimum absolute atomic E-state index is 0. The molecular weight excluding hydrogens is 284 g/mol. The standard InChI is InChI=1S/C17H30N2O.ClH/c1-12(16-11-14-2-4-15(16)10-14)19-17(20)5-3-13-6-8-18-9-7-13;/h12-16,18H,2-11H2,1H3,(H,19,20);1H. The summed E-state index contributed by atoms with van der Waals surface area (Å²) in [6, 6.07) is 0.394. The third-order valence-corrected chi connectivity index (χ3v) is 6.06. The monoisotopic (exact) mass is 314 g/mol. The van der Waals surface area contributed by atoms with Crippen LogP contribution in [-0.2, 0) is 4.79 Å². The van der Waals surface area contributed by atoms with Gasteiger partial charge in [-0.25, -0.2) is 0 Å². The minimum atomic E-state index is 0. The van der Waals surface area contributed by atoms with E-state index in [1.54, 1.807) is 0 Å². The average molecular weight is 315 g/mol. The van der Waals surface area contributed by atoms with Crippen LogP contribution >= 0.6 is 12.4 Å². The Balaban J connectivity index is 0.00000161. The van der Waals surface area contributed by atoms with E-state index in [2.05, 4.69) is 17.6 Å². The molecule has 0 aromatic carbocycles. The van der Waals surface area contributed by atoms with Gasteiger partial charge in [-0.15, -0.1) is 12.4 Å². The molecule has 0 spiro atoms. The molecule has 3 aliphatic rings. The van der Waals surface area contributed by atoms with E-state index in [0.717, 1.165) is 49.6 Å². The maximum Gasteiger partial charge on any atom is 0.220 e. The Hall–Kier alpha value is -0.280. The Morgan fingerprint density at radius 3 is 2.57 bits per heavy atom. The zero-order valence-electron chi connectivity index (χ0n) is 13.3. The topological polar surface area (TPSA) is 41.1 Å². The second kappa shape index (κ2) is 7.82. The van der Waals surface area contributed by atoms with Gasteiger partial charge in [-0.05, 0) is 82.2 Å². The molecule has 1 heterocycles. The van der Waals surface area contributed by atoms with Gasteiger partial charge in [0.15, 0.2) is 0 Å². The molecule has 1 amide bonds. The van der Waals surface area contributed by atoms with Crippen LogP contribution in [-0.4, -0.2) is 25.0 Å². The van der Waals surface area contributed by atoms with E-state index >= 15 is 0 Å². The lowest BCUT2D eigenvalue weighted by Gasteiger charge is -2.29. The van der Waals surface area contributed by atoms with Crippen LogP contribution in [0.5, 0.6) is 0 Å². The number of hydrogen-bond donors (Lipinski definition) is 2. The summed E-state index contributed by atoms with van der Waals surface area (Å²) in [6.07, 6.45) is 9.94. The summed E-state index contributed by atoms with van der Waals surface area (Å²) >= 11 is 0. The maximum atomic E-state index is 12.1. The summed E-state index contributed by atoms with van der Waals surface area (Å²) in [5.74, 6) is 3.69. The third kappa shape index (κ3) is 4.35. The summed E-state index contributed by atoms with van der Waals surface area (Å²) in [5, 5.41) is 6.68. The summed E-state index contributed by atoms with van der Waals surface area (Å²) in [6.45, 7) is 4.50. The summed E-state index contributed by atoms with van der Waals surface area (Å²) in [5.41, 5.74) is 0. The van der Waals surface area contributed by atoms with Crippen molar-refractivity contribution in [1.29, 1.82) is 0 Å². The zero-order chi connectivity index (χ0) is 13.9. The molecule has 4 atom stereocenters. The number of fused-ring (bicyclic) bond motifs is 2. The minimum Gasteiger partial charge on any atom is -0.353 e. The summed E-state index contributed by atoms with van der Waals surface area (Å²) in [4.78, 5) is 12.1. The Labute approximate surface area is 135 Å². The molecule has 2 aliphatic carbocycles. The molecule has 3 rings (SSSR count). The van der Waals surface area contributed by atoms with Crippen LogP contribution in [0.3, 0.4) is 0 Å². The number of amides is 1. The number of hydrogen-bond acceptors (Lipinski definition) is 2. The highest BCUT2D eigenvalue weighted by molar-refractivity contribution is 5.85. The van der Waals surface area contributed by atoms with Gasteiger partial charge in [0.2, 0.25) is 5.91 Å². The fourth-order valence-electron chi connectivity index (χ4n) is 4.85. The van der Waals surface area contributed by atoms with E-state index in [1.807, 2.05) is 0 Å². The van der Waals surface area contributed by atoms with Crippen molar-refractivity contribution >= 4 is 18.3 Å². The van der Waals surface area contributed by atoms with E-state index in [1.165, 1.54) is 38.5 Å². The van der Waals surface area contributed by atoms with Gasteiger partial charge in [0.05, 0.1) is 0 Å². The molecule has 2 N–H and O–H groups in total. The Morgan fingerprint density at radius 2 is 1.95 bits per heavy atom. The first-order chi connectivity index (χ1) is 9.72. The Bertz CT molecular complexity index is 344. The fraction of sp³-hybridized carbons (Fsp3) is 0.941. The fourth-order valence-corrected chi connectivity index (χ4v) is 4.85. The van der Waals surface area contributed by atoms with E-state index in [4.69, 9.17) is 0 Å². The molecule has 3 fully saturated rings. The van der Waals surface area contributed by atoms with Crippen LogP contribution in [0, 0.1) is 23.7 Å². The molecule has 4 heteroatoms. The van der Waals surface area contributed by atoms with Crippen LogP contribution in [0.1, 0.15) is 58.3 Å². The van der Waals surface area contributed by atoms with Crippen molar-refractivity contribution in [2.45, 2.75) is 64.3 Å². The van der Waals surface area contributed by atoms with E-state index < -0.39 is 0 Å². The largest absolute Gasteiger partial charge is 0.353 e. The quantitative estimate of drug-likeness (QED) is 0.818. The van der Waals surface area contributed by atoms with Crippen LogP contribution in [0.25, 0.3) is 0 Å². The van der Waals surface area contributed by atoms with Gasteiger partial charge in [-0.3, -0.25) is 4.79 Å². The lowest BCUT2D eigenvalue weighted by molar-refractivity contribution is -0.122. The van der Waals surface area contributed by atoms with E-state index in [0.29, 0.717) is 11.9 Å². The average Bonchev–Trinajstić information content (AvgIpc) is 3.09. The number of carbonyl (C=O) groups is 1. The van der Waals surface area contributed by atoms with Crippen molar-refractivity contribution < 1.29 is 4.79 Å². The lowest BCUT2D eigenvalue weighted by Crippen LogP contribution is -2.40. The van der Waals surface area contributed by atoms with Gasteiger partial charge < -0.3 is 10.6 Å². The first-order valence-corrected chi connectivity index (χ1v) is 8.72. The van der Waals surface area contributed by atoms with Crippen LogP contribution in [0.15, 0.2) is 0 Å². The molecule has 0 aromatic rings. The molecule has 122 valence electrons. The van der Waals surface area contributed by atoms with Crippen molar-refractivity contribution in [3.63, 3.8) is 0 Å². The normalized spacial score (nSPS) is 33.5. The maximum absolute atomic E-state index is 12.1. The highest BCUT2D eigenvalue weighted by Gasteiger charge is 2.42. The number of carbonyl (C=O) groups excluding carboxylic acids is 1. The predicted octanol–water partition coefficient (Wildman–Crippen LogP) is 3.13. The van der Waals surface area contributed by atoms with Gasteiger partial charge in [-0.1, -0.05) is 6.42 Å². The SMILES string of the molecule is CC(NC(=O)CCC1CCNCC1)C1CC2CCC1C2.Cl. The smallest absolute Gasteiger partial charge is 0.220 e. The van der Waals surface area contributed by atoms with Gasteiger partial charge in [0.25, 0.3) is 0 Å². The molecule has 0 aromatic heterocycles. The van der Waals surface area contributed by atoms with Crippen molar-refractivity contribution in [3.05, 3.63) is 0 Å². The molecule has 3 nitrogen and oxygen atoms in total.